The number of ether oxygens (including phenoxy) is 1. The van der Waals surface area contributed by atoms with Crippen LogP contribution in [-0.4, -0.2) is 71.8 Å². The van der Waals surface area contributed by atoms with Crippen LogP contribution in [-0.2, 0) is 0 Å². The molecule has 0 unspecified atom stereocenters. The number of halogens is 1. The van der Waals surface area contributed by atoms with E-state index in [9.17, 15) is 4.79 Å². The molecule has 158 valence electrons. The normalized spacial score (nSPS) is 19.6. The summed E-state index contributed by atoms with van der Waals surface area (Å²) in [5.74, 6) is 3.55. The van der Waals surface area contributed by atoms with Gasteiger partial charge in [0.1, 0.15) is 5.75 Å². The van der Waals surface area contributed by atoms with E-state index in [0.717, 1.165) is 57.0 Å². The second-order valence-electron chi connectivity index (χ2n) is 7.34. The Balaban J connectivity index is 1.65. The third kappa shape index (κ3) is 7.82. The molecule has 0 aromatic heterocycles. The van der Waals surface area contributed by atoms with Gasteiger partial charge in [-0.1, -0.05) is 18.5 Å². The predicted molar refractivity (Wildman–Crippen MR) is 118 cm³/mol. The number of aliphatic hydroxyl groups is 1. The molecule has 0 bridgehead atoms. The van der Waals surface area contributed by atoms with Gasteiger partial charge >= 0.3 is 6.09 Å². The fourth-order valence-corrected chi connectivity index (χ4v) is 4.88. The standard InChI is InChI=1S/C21H33ClN2O3S/c1-3-24(12-14-25)13-15-28-16-17-4-8-19(9-5-17)23(2)21(26)27-20-10-6-18(22)7-11-20/h6-7,10-11,17,19,25H,3-5,8-9,12-16H2,1-2H3/t17-,19-. The molecule has 2 rings (SSSR count). The van der Waals surface area contributed by atoms with Gasteiger partial charge in [0.25, 0.3) is 0 Å². The van der Waals surface area contributed by atoms with Gasteiger partial charge in [-0.15, -0.1) is 0 Å². The fraction of sp³-hybridized carbons (Fsp3) is 0.667. The quantitative estimate of drug-likeness (QED) is 0.560. The van der Waals surface area contributed by atoms with Crippen LogP contribution in [0.4, 0.5) is 4.79 Å². The number of amides is 1. The van der Waals surface area contributed by atoms with E-state index in [1.165, 1.54) is 5.75 Å². The Bertz CT molecular complexity index is 580. The molecule has 1 aromatic rings. The van der Waals surface area contributed by atoms with Crippen LogP contribution in [0, 0.1) is 5.92 Å². The molecule has 28 heavy (non-hydrogen) atoms. The highest BCUT2D eigenvalue weighted by molar-refractivity contribution is 7.99. The number of thioether (sulfide) groups is 1. The summed E-state index contributed by atoms with van der Waals surface area (Å²) in [4.78, 5) is 16.4. The first kappa shape index (κ1) is 23.3. The molecular formula is C21H33ClN2O3S. The average molecular weight is 429 g/mol. The molecule has 1 saturated carbocycles. The van der Waals surface area contributed by atoms with Crippen LogP contribution in [0.1, 0.15) is 32.6 Å². The molecule has 1 N–H and O–H groups in total. The lowest BCUT2D eigenvalue weighted by Gasteiger charge is -2.34. The van der Waals surface area contributed by atoms with Gasteiger partial charge in [0.15, 0.2) is 0 Å². The minimum absolute atomic E-state index is 0.233. The zero-order valence-electron chi connectivity index (χ0n) is 17.0. The first-order valence-electron chi connectivity index (χ1n) is 10.1. The SMILES string of the molecule is CCN(CCO)CCSC[C@H]1CC[C@H](N(C)C(=O)Oc2ccc(Cl)cc2)CC1. The van der Waals surface area contributed by atoms with Crippen molar-refractivity contribution in [3.8, 4) is 5.75 Å². The molecule has 1 aliphatic rings. The van der Waals surface area contributed by atoms with Crippen LogP contribution in [0.25, 0.3) is 0 Å². The fourth-order valence-electron chi connectivity index (χ4n) is 3.54. The van der Waals surface area contributed by atoms with Gasteiger partial charge in [-0.3, -0.25) is 0 Å². The molecule has 7 heteroatoms. The van der Waals surface area contributed by atoms with Gasteiger partial charge < -0.3 is 19.6 Å². The third-order valence-electron chi connectivity index (χ3n) is 5.44. The number of aliphatic hydroxyl groups excluding tert-OH is 1. The lowest BCUT2D eigenvalue weighted by Crippen LogP contribution is -2.41. The number of nitrogens with zero attached hydrogens (tertiary/aromatic N) is 2. The number of hydrogen-bond acceptors (Lipinski definition) is 5. The van der Waals surface area contributed by atoms with E-state index in [-0.39, 0.29) is 18.7 Å². The van der Waals surface area contributed by atoms with E-state index < -0.39 is 0 Å². The van der Waals surface area contributed by atoms with Gasteiger partial charge in [-0.05, 0) is 68.2 Å². The van der Waals surface area contributed by atoms with Gasteiger partial charge in [-0.25, -0.2) is 4.79 Å². The Labute approximate surface area is 178 Å². The summed E-state index contributed by atoms with van der Waals surface area (Å²) in [5.41, 5.74) is 0. The van der Waals surface area contributed by atoms with Gasteiger partial charge in [0, 0.05) is 37.0 Å². The van der Waals surface area contributed by atoms with Crippen molar-refractivity contribution in [2.45, 2.75) is 38.6 Å². The second kappa shape index (κ2) is 12.6. The summed E-state index contributed by atoms with van der Waals surface area (Å²) in [5, 5.41) is 9.66. The highest BCUT2D eigenvalue weighted by Crippen LogP contribution is 2.30. The van der Waals surface area contributed by atoms with Gasteiger partial charge in [-0.2, -0.15) is 11.8 Å². The largest absolute Gasteiger partial charge is 0.415 e. The summed E-state index contributed by atoms with van der Waals surface area (Å²) >= 11 is 7.87. The molecule has 1 amide bonds. The lowest BCUT2D eigenvalue weighted by atomic mass is 9.87. The molecule has 1 fully saturated rings. The van der Waals surface area contributed by atoms with E-state index in [1.54, 1.807) is 29.2 Å². The topological polar surface area (TPSA) is 53.0 Å². The highest BCUT2D eigenvalue weighted by atomic mass is 35.5. The van der Waals surface area contributed by atoms with E-state index in [2.05, 4.69) is 11.8 Å². The maximum atomic E-state index is 12.4. The first-order valence-corrected chi connectivity index (χ1v) is 11.7. The smallest absolute Gasteiger partial charge is 0.410 e. The van der Waals surface area contributed by atoms with Crippen molar-refractivity contribution in [1.82, 2.24) is 9.80 Å². The van der Waals surface area contributed by atoms with E-state index in [0.29, 0.717) is 10.8 Å². The summed E-state index contributed by atoms with van der Waals surface area (Å²) < 4.78 is 5.45. The molecule has 0 saturated heterocycles. The number of rotatable bonds is 10. The second-order valence-corrected chi connectivity index (χ2v) is 8.93. The lowest BCUT2D eigenvalue weighted by molar-refractivity contribution is 0.127. The first-order chi connectivity index (χ1) is 13.5. The molecule has 0 spiro atoms. The van der Waals surface area contributed by atoms with E-state index >= 15 is 0 Å². The maximum Gasteiger partial charge on any atom is 0.415 e. The molecule has 0 radical (unpaired) electrons. The van der Waals surface area contributed by atoms with E-state index in [1.807, 2.05) is 18.8 Å². The summed E-state index contributed by atoms with van der Waals surface area (Å²) in [6, 6.07) is 7.11. The molecule has 1 aliphatic carbocycles. The van der Waals surface area contributed by atoms with Gasteiger partial charge in [0.05, 0.1) is 6.61 Å². The van der Waals surface area contributed by atoms with Crippen LogP contribution < -0.4 is 4.74 Å². The zero-order valence-corrected chi connectivity index (χ0v) is 18.6. The Morgan fingerprint density at radius 3 is 2.50 bits per heavy atom. The molecular weight excluding hydrogens is 396 g/mol. The molecule has 0 heterocycles. The molecule has 0 aliphatic heterocycles. The minimum atomic E-state index is -0.302. The molecule has 1 aromatic carbocycles. The number of hydrogen-bond donors (Lipinski definition) is 1. The Hall–Kier alpha value is -0.950. The molecule has 5 nitrogen and oxygen atoms in total. The van der Waals surface area contributed by atoms with Crippen LogP contribution in [0.5, 0.6) is 5.75 Å². The number of carbonyl (C=O) groups is 1. The molecule has 0 atom stereocenters. The Morgan fingerprint density at radius 1 is 1.21 bits per heavy atom. The predicted octanol–water partition coefficient (Wildman–Crippen LogP) is 4.38. The van der Waals surface area contributed by atoms with Crippen LogP contribution in [0.2, 0.25) is 5.02 Å². The van der Waals surface area contributed by atoms with Crippen LogP contribution >= 0.6 is 23.4 Å². The number of likely N-dealkylation sites (N-methyl/N-ethyl adjacent to an activating group) is 1. The van der Waals surface area contributed by atoms with Crippen molar-refractivity contribution < 1.29 is 14.6 Å². The zero-order chi connectivity index (χ0) is 20.4. The van der Waals surface area contributed by atoms with E-state index in [4.69, 9.17) is 21.4 Å². The van der Waals surface area contributed by atoms with Crippen LogP contribution in [0.3, 0.4) is 0 Å². The minimum Gasteiger partial charge on any atom is -0.410 e. The van der Waals surface area contributed by atoms with Crippen LogP contribution in [0.15, 0.2) is 24.3 Å². The monoisotopic (exact) mass is 428 g/mol. The highest BCUT2D eigenvalue weighted by Gasteiger charge is 2.27. The van der Waals surface area contributed by atoms with Crippen molar-refractivity contribution in [1.29, 1.82) is 0 Å². The van der Waals surface area contributed by atoms with Crippen molar-refractivity contribution >= 4 is 29.5 Å². The Kier molecular flexibility index (Phi) is 10.5. The van der Waals surface area contributed by atoms with Gasteiger partial charge in [0.2, 0.25) is 0 Å². The number of benzene rings is 1. The summed E-state index contributed by atoms with van der Waals surface area (Å²) in [7, 11) is 1.83. The van der Waals surface area contributed by atoms with Crippen molar-refractivity contribution in [2.24, 2.45) is 5.92 Å². The average Bonchev–Trinajstić information content (AvgIpc) is 2.71. The summed E-state index contributed by atoms with van der Waals surface area (Å²) in [6.45, 7) is 5.16. The maximum absolute atomic E-state index is 12.4. The van der Waals surface area contributed by atoms with Crippen molar-refractivity contribution in [3.63, 3.8) is 0 Å². The summed E-state index contributed by atoms with van der Waals surface area (Å²) in [6.07, 6.45) is 4.07. The Morgan fingerprint density at radius 2 is 1.89 bits per heavy atom. The van der Waals surface area contributed by atoms with Crippen molar-refractivity contribution in [2.75, 3.05) is 44.8 Å². The third-order valence-corrected chi connectivity index (χ3v) is 6.87. The van der Waals surface area contributed by atoms with Crippen molar-refractivity contribution in [3.05, 3.63) is 29.3 Å². The number of carbonyl (C=O) groups excluding carboxylic acids is 1.